The predicted octanol–water partition coefficient (Wildman–Crippen LogP) is 10.1. The van der Waals surface area contributed by atoms with Crippen molar-refractivity contribution in [2.75, 3.05) is 52.5 Å². The van der Waals surface area contributed by atoms with Gasteiger partial charge in [-0.3, -0.25) is 0 Å². The second-order valence-electron chi connectivity index (χ2n) is 20.5. The molecule has 2 unspecified atom stereocenters. The first-order valence-corrected chi connectivity index (χ1v) is 26.2. The van der Waals surface area contributed by atoms with Gasteiger partial charge in [-0.15, -0.1) is 0 Å². The fraction of sp³-hybridized carbons (Fsp3) is 0.414. The molecule has 6 heterocycles. The van der Waals surface area contributed by atoms with Crippen LogP contribution in [0.15, 0.2) is 110 Å². The normalized spacial score (nSPS) is 17.9. The number of fused-ring (bicyclic) bond motifs is 4. The molecular formula is C58H66N6O9. The van der Waals surface area contributed by atoms with Crippen molar-refractivity contribution in [3.8, 4) is 23.0 Å². The maximum absolute atomic E-state index is 13.9. The van der Waals surface area contributed by atoms with E-state index in [4.69, 9.17) is 28.4 Å². The molecule has 15 nitrogen and oxygen atoms in total. The molecule has 0 radical (unpaired) electrons. The van der Waals surface area contributed by atoms with Crippen LogP contribution >= 0.6 is 0 Å². The van der Waals surface area contributed by atoms with Gasteiger partial charge < -0.3 is 63.6 Å². The average Bonchev–Trinajstić information content (AvgIpc) is 4.14. The van der Waals surface area contributed by atoms with Gasteiger partial charge in [-0.2, -0.15) is 0 Å². The van der Waals surface area contributed by atoms with Crippen molar-refractivity contribution in [2.45, 2.75) is 88.6 Å². The lowest BCUT2D eigenvalue weighted by Crippen LogP contribution is -2.39. The van der Waals surface area contributed by atoms with Crippen molar-refractivity contribution < 1.29 is 43.5 Å². The zero-order valence-electron chi connectivity index (χ0n) is 41.2. The summed E-state index contributed by atoms with van der Waals surface area (Å²) in [6.07, 6.45) is 15.5. The molecular weight excluding hydrogens is 925 g/mol. The van der Waals surface area contributed by atoms with Crippen LogP contribution in [0.25, 0.3) is 43.6 Å². The second-order valence-corrected chi connectivity index (χ2v) is 20.5. The number of piperidine rings is 2. The number of aromatic amines is 4. The Bertz CT molecular complexity index is 2940. The van der Waals surface area contributed by atoms with E-state index in [0.717, 1.165) is 109 Å². The van der Waals surface area contributed by atoms with Crippen LogP contribution in [0.3, 0.4) is 0 Å². The minimum absolute atomic E-state index is 0. The molecule has 12 rings (SSSR count). The van der Waals surface area contributed by atoms with E-state index in [1.165, 1.54) is 47.6 Å². The van der Waals surface area contributed by atoms with E-state index in [9.17, 15) is 9.59 Å². The first kappa shape index (κ1) is 48.3. The van der Waals surface area contributed by atoms with Gasteiger partial charge in [-0.1, -0.05) is 24.3 Å². The minimum atomic E-state index is -1.13. The zero-order valence-corrected chi connectivity index (χ0v) is 41.2. The van der Waals surface area contributed by atoms with Gasteiger partial charge in [0.2, 0.25) is 12.6 Å². The Morgan fingerprint density at radius 1 is 0.493 bits per heavy atom. The van der Waals surface area contributed by atoms with Gasteiger partial charge in [-0.25, -0.2) is 9.59 Å². The van der Waals surface area contributed by atoms with Crippen molar-refractivity contribution in [1.29, 1.82) is 0 Å². The number of hydrogen-bond donors (Lipinski definition) is 4. The molecule has 8 aromatic rings. The van der Waals surface area contributed by atoms with E-state index in [2.05, 4.69) is 78.5 Å². The van der Waals surface area contributed by atoms with E-state index < -0.39 is 24.5 Å². The molecule has 73 heavy (non-hydrogen) atoms. The summed E-state index contributed by atoms with van der Waals surface area (Å²) < 4.78 is 37.6. The number of hydrogen-bond acceptors (Lipinski definition) is 10. The van der Waals surface area contributed by atoms with E-state index in [1.807, 2.05) is 60.9 Å². The molecule has 2 saturated carbocycles. The van der Waals surface area contributed by atoms with E-state index in [-0.39, 0.29) is 5.48 Å². The number of benzene rings is 4. The van der Waals surface area contributed by atoms with E-state index >= 15 is 0 Å². The van der Waals surface area contributed by atoms with E-state index in [0.29, 0.717) is 61.1 Å². The summed E-state index contributed by atoms with van der Waals surface area (Å²) >= 11 is 0. The highest BCUT2D eigenvalue weighted by atomic mass is 16.7. The van der Waals surface area contributed by atoms with Crippen molar-refractivity contribution in [3.63, 3.8) is 0 Å². The van der Waals surface area contributed by atoms with Gasteiger partial charge in [0.05, 0.1) is 13.2 Å². The highest BCUT2D eigenvalue weighted by Crippen LogP contribution is 2.41. The molecule has 2 atom stereocenters. The SMILES string of the molecule is O.O=C(OC(CCN1CCC(c2c[nH]c3cccc(OCC4CC4)c23)CC1)Oc1cccc2[nH]ccc12)C(=O)OC(CCN1CCC(c2c[nH]c3cccc(OCC4CC4)c23)CC1)Oc1cccc2[nH]ccc12. The number of H-pyrrole nitrogens is 4. The number of nitrogens with zero attached hydrogens (tertiary/aromatic N) is 2. The van der Waals surface area contributed by atoms with Crippen LogP contribution in [0.5, 0.6) is 23.0 Å². The molecule has 4 aliphatic rings. The molecule has 0 amide bonds. The summed E-state index contributed by atoms with van der Waals surface area (Å²) in [4.78, 5) is 46.1. The van der Waals surface area contributed by atoms with Crippen LogP contribution < -0.4 is 18.9 Å². The lowest BCUT2D eigenvalue weighted by molar-refractivity contribution is -0.191. The Balaban J connectivity index is 0.00000574. The lowest BCUT2D eigenvalue weighted by Gasteiger charge is -2.33. The summed E-state index contributed by atoms with van der Waals surface area (Å²) in [6, 6.07) is 27.8. The van der Waals surface area contributed by atoms with Crippen LogP contribution in [0.4, 0.5) is 0 Å². The number of carbonyl (C=O) groups is 2. The van der Waals surface area contributed by atoms with Crippen molar-refractivity contribution in [1.82, 2.24) is 29.7 Å². The summed E-state index contributed by atoms with van der Waals surface area (Å²) in [5.41, 5.74) is 6.61. The number of likely N-dealkylation sites (tertiary alicyclic amines) is 2. The van der Waals surface area contributed by atoms with Crippen LogP contribution in [0, 0.1) is 11.8 Å². The van der Waals surface area contributed by atoms with Gasteiger partial charge in [-0.05, 0) is 173 Å². The zero-order chi connectivity index (χ0) is 48.4. The number of aromatic nitrogens is 4. The molecule has 2 aliphatic heterocycles. The summed E-state index contributed by atoms with van der Waals surface area (Å²) in [6.45, 7) is 6.21. The van der Waals surface area contributed by atoms with Crippen molar-refractivity contribution in [2.24, 2.45) is 11.8 Å². The van der Waals surface area contributed by atoms with Crippen molar-refractivity contribution in [3.05, 3.63) is 121 Å². The molecule has 2 saturated heterocycles. The summed E-state index contributed by atoms with van der Waals surface area (Å²) in [5, 5.41) is 4.09. The first-order valence-electron chi connectivity index (χ1n) is 26.2. The Morgan fingerprint density at radius 2 is 0.890 bits per heavy atom. The molecule has 4 aromatic carbocycles. The number of esters is 2. The third-order valence-electron chi connectivity index (χ3n) is 15.4. The molecule has 382 valence electrons. The topological polar surface area (TPSA) is 191 Å². The quantitative estimate of drug-likeness (QED) is 0.0325. The molecule has 4 fully saturated rings. The standard InChI is InChI=1S/C58H64N6O8.H2O/c65-57(71-53(69-49-9-1-5-45-41(49)17-25-59-45)23-31-63-27-19-39(20-28-63)43-33-61-47-7-3-11-51(55(43)47)67-35-37-13-14-37)58(66)72-54(70-50-10-2-6-46-42(50)18-26-60-46)24-32-64-29-21-40(22-30-64)44-34-62-48-8-4-12-52(56(44)48)68-36-38-15-16-38;/h1-12,17-18,25-26,33-34,37-40,53-54,59-62H,13-16,19-24,27-32,35-36H2;1H2. The molecule has 0 spiro atoms. The average molecular weight is 991 g/mol. The third kappa shape index (κ3) is 11.0. The van der Waals surface area contributed by atoms with Gasteiger partial charge in [0.1, 0.15) is 23.0 Å². The maximum atomic E-state index is 13.9. The third-order valence-corrected chi connectivity index (χ3v) is 15.4. The summed E-state index contributed by atoms with van der Waals surface area (Å²) in [7, 11) is 0. The van der Waals surface area contributed by atoms with Crippen LogP contribution in [0.2, 0.25) is 0 Å². The predicted molar refractivity (Wildman–Crippen MR) is 280 cm³/mol. The lowest BCUT2D eigenvalue weighted by atomic mass is 9.89. The Hall–Kier alpha value is -6.94. The number of carbonyl (C=O) groups excluding carboxylic acids is 2. The summed E-state index contributed by atoms with van der Waals surface area (Å²) in [5.74, 6) is 2.89. The molecule has 6 N–H and O–H groups in total. The Morgan fingerprint density at radius 3 is 1.30 bits per heavy atom. The minimum Gasteiger partial charge on any atom is -0.493 e. The monoisotopic (exact) mass is 990 g/mol. The smallest absolute Gasteiger partial charge is 0.420 e. The Labute approximate surface area is 424 Å². The number of rotatable bonds is 20. The van der Waals surface area contributed by atoms with Crippen LogP contribution in [0.1, 0.15) is 87.2 Å². The Kier molecular flexibility index (Phi) is 14.3. The first-order chi connectivity index (χ1) is 35.5. The van der Waals surface area contributed by atoms with Crippen LogP contribution in [-0.4, -0.2) is 112 Å². The van der Waals surface area contributed by atoms with Gasteiger partial charge >= 0.3 is 11.9 Å². The maximum Gasteiger partial charge on any atom is 0.420 e. The second kappa shape index (κ2) is 21.6. The van der Waals surface area contributed by atoms with Crippen LogP contribution in [-0.2, 0) is 19.1 Å². The molecule has 0 bridgehead atoms. The fourth-order valence-electron chi connectivity index (χ4n) is 11.0. The largest absolute Gasteiger partial charge is 0.493 e. The van der Waals surface area contributed by atoms with Crippen molar-refractivity contribution >= 4 is 55.6 Å². The van der Waals surface area contributed by atoms with Gasteiger partial charge in [0.15, 0.2) is 0 Å². The fourth-order valence-corrected chi connectivity index (χ4v) is 11.0. The molecule has 4 aromatic heterocycles. The molecule has 15 heteroatoms. The molecule has 2 aliphatic carbocycles. The highest BCUT2D eigenvalue weighted by molar-refractivity contribution is 6.29. The van der Waals surface area contributed by atoms with Gasteiger partial charge in [0, 0.05) is 94.3 Å². The number of nitrogens with one attached hydrogen (secondary N) is 4. The van der Waals surface area contributed by atoms with Gasteiger partial charge in [0.25, 0.3) is 0 Å². The number of ether oxygens (including phenoxy) is 6. The van der Waals surface area contributed by atoms with E-state index in [1.54, 1.807) is 0 Å². The highest BCUT2D eigenvalue weighted by Gasteiger charge is 2.32.